The summed E-state index contributed by atoms with van der Waals surface area (Å²) in [4.78, 5) is 28.4. The van der Waals surface area contributed by atoms with Gasteiger partial charge < -0.3 is 23.8 Å². The minimum atomic E-state index is -0.668. The fourth-order valence-corrected chi connectivity index (χ4v) is 6.33. The van der Waals surface area contributed by atoms with Crippen LogP contribution in [0.15, 0.2) is 48.2 Å². The maximum absolute atomic E-state index is 13.6. The van der Waals surface area contributed by atoms with Crippen LogP contribution < -0.4 is 14.8 Å². The second kappa shape index (κ2) is 10.2. The van der Waals surface area contributed by atoms with Crippen molar-refractivity contribution < 1.29 is 28.5 Å². The van der Waals surface area contributed by atoms with E-state index in [-0.39, 0.29) is 11.0 Å². The van der Waals surface area contributed by atoms with E-state index in [0.717, 1.165) is 38.1 Å². The molecule has 5 rings (SSSR count). The van der Waals surface area contributed by atoms with Gasteiger partial charge in [-0.2, -0.15) is 0 Å². The van der Waals surface area contributed by atoms with Gasteiger partial charge in [0.2, 0.25) is 0 Å². The molecule has 1 spiro atoms. The van der Waals surface area contributed by atoms with E-state index >= 15 is 0 Å². The maximum atomic E-state index is 13.6. The van der Waals surface area contributed by atoms with Crippen molar-refractivity contribution in [2.24, 2.45) is 5.92 Å². The van der Waals surface area contributed by atoms with Gasteiger partial charge in [0.25, 0.3) is 0 Å². The highest BCUT2D eigenvalue weighted by Crippen LogP contribution is 2.60. The van der Waals surface area contributed by atoms with E-state index in [1.165, 1.54) is 11.1 Å². The van der Waals surface area contributed by atoms with Crippen molar-refractivity contribution in [2.75, 3.05) is 32.6 Å². The van der Waals surface area contributed by atoms with Gasteiger partial charge in [0.1, 0.15) is 11.4 Å². The number of amides is 1. The molecule has 39 heavy (non-hydrogen) atoms. The van der Waals surface area contributed by atoms with E-state index in [1.807, 2.05) is 12.1 Å². The Labute approximate surface area is 230 Å². The third kappa shape index (κ3) is 4.86. The first-order valence-electron chi connectivity index (χ1n) is 13.6. The molecule has 3 aliphatic rings. The first-order valence-corrected chi connectivity index (χ1v) is 13.6. The van der Waals surface area contributed by atoms with Crippen LogP contribution >= 0.6 is 0 Å². The highest BCUT2D eigenvalue weighted by atomic mass is 16.6. The van der Waals surface area contributed by atoms with Crippen LogP contribution in [-0.2, 0) is 21.3 Å². The Hall–Kier alpha value is -3.52. The molecule has 1 N–H and O–H groups in total. The molecule has 2 aliphatic heterocycles. The summed E-state index contributed by atoms with van der Waals surface area (Å²) in [5, 5.41) is 2.69. The second-order valence-electron chi connectivity index (χ2n) is 11.6. The SMILES string of the molecule is CCc1ccc(OC)c2c1C13CCN(C)CC1CC=C(OC(=O)c1ccccc1NC(=O)OC(C)(C)C)C3O2. The van der Waals surface area contributed by atoms with Crippen LogP contribution in [-0.4, -0.2) is 55.9 Å². The second-order valence-corrected chi connectivity index (χ2v) is 11.6. The topological polar surface area (TPSA) is 86.3 Å². The number of fused-ring (bicyclic) bond motifs is 1. The zero-order valence-corrected chi connectivity index (χ0v) is 23.6. The lowest BCUT2D eigenvalue weighted by Crippen LogP contribution is -2.56. The quantitative estimate of drug-likeness (QED) is 0.493. The van der Waals surface area contributed by atoms with E-state index in [0.29, 0.717) is 23.1 Å². The van der Waals surface area contributed by atoms with Crippen LogP contribution in [0.4, 0.5) is 10.5 Å². The number of aryl methyl sites for hydroxylation is 1. The molecule has 2 aromatic rings. The van der Waals surface area contributed by atoms with Gasteiger partial charge in [-0.05, 0) is 89.4 Å². The molecule has 3 unspecified atom stereocenters. The Morgan fingerprint density at radius 3 is 2.67 bits per heavy atom. The molecule has 8 nitrogen and oxygen atoms in total. The fourth-order valence-electron chi connectivity index (χ4n) is 6.33. The van der Waals surface area contributed by atoms with Gasteiger partial charge in [-0.1, -0.05) is 25.1 Å². The molecule has 2 aromatic carbocycles. The van der Waals surface area contributed by atoms with Crippen LogP contribution in [0, 0.1) is 5.92 Å². The summed E-state index contributed by atoms with van der Waals surface area (Å²) in [6, 6.07) is 10.9. The molecule has 1 saturated heterocycles. The number of carbonyl (C=O) groups is 2. The zero-order valence-electron chi connectivity index (χ0n) is 23.6. The lowest BCUT2D eigenvalue weighted by atomic mass is 9.59. The van der Waals surface area contributed by atoms with E-state index < -0.39 is 23.8 Å². The van der Waals surface area contributed by atoms with E-state index in [1.54, 1.807) is 52.1 Å². The molecule has 2 heterocycles. The number of benzene rings is 2. The van der Waals surface area contributed by atoms with Crippen LogP contribution in [0.2, 0.25) is 0 Å². The Morgan fingerprint density at radius 2 is 1.95 bits per heavy atom. The van der Waals surface area contributed by atoms with Crippen LogP contribution in [0.1, 0.15) is 62.0 Å². The van der Waals surface area contributed by atoms with Crippen LogP contribution in [0.3, 0.4) is 0 Å². The molecule has 0 saturated carbocycles. The summed E-state index contributed by atoms with van der Waals surface area (Å²) in [7, 11) is 3.81. The predicted octanol–water partition coefficient (Wildman–Crippen LogP) is 5.70. The summed E-state index contributed by atoms with van der Waals surface area (Å²) in [5.41, 5.74) is 2.01. The largest absolute Gasteiger partial charge is 0.493 e. The Morgan fingerprint density at radius 1 is 1.18 bits per heavy atom. The van der Waals surface area contributed by atoms with Crippen LogP contribution in [0.5, 0.6) is 11.5 Å². The summed E-state index contributed by atoms with van der Waals surface area (Å²) in [5.74, 6) is 1.71. The number of ether oxygens (including phenoxy) is 4. The molecule has 0 bridgehead atoms. The number of allylic oxidation sites excluding steroid dienone is 1. The van der Waals surface area contributed by atoms with Crippen molar-refractivity contribution in [1.29, 1.82) is 0 Å². The third-order valence-electron chi connectivity index (χ3n) is 8.00. The molecule has 3 atom stereocenters. The zero-order chi connectivity index (χ0) is 27.9. The summed E-state index contributed by atoms with van der Waals surface area (Å²) in [6.45, 7) is 9.36. The van der Waals surface area contributed by atoms with Gasteiger partial charge in [-0.3, -0.25) is 5.32 Å². The molecule has 208 valence electrons. The lowest BCUT2D eigenvalue weighted by molar-refractivity contribution is 0.00768. The van der Waals surface area contributed by atoms with E-state index in [9.17, 15) is 9.59 Å². The third-order valence-corrected chi connectivity index (χ3v) is 8.00. The Kier molecular flexibility index (Phi) is 7.10. The predicted molar refractivity (Wildman–Crippen MR) is 148 cm³/mol. The number of likely N-dealkylation sites (tertiary alicyclic amines) is 1. The highest BCUT2D eigenvalue weighted by molar-refractivity contribution is 6.00. The van der Waals surface area contributed by atoms with Gasteiger partial charge in [0, 0.05) is 17.5 Å². The first-order chi connectivity index (χ1) is 18.6. The number of nitrogens with one attached hydrogen (secondary N) is 1. The monoisotopic (exact) mass is 534 g/mol. The number of piperidine rings is 1. The van der Waals surface area contributed by atoms with Gasteiger partial charge in [-0.25, -0.2) is 9.59 Å². The number of esters is 1. The van der Waals surface area contributed by atoms with Crippen molar-refractivity contribution in [3.05, 3.63) is 64.9 Å². The minimum absolute atomic E-state index is 0.242. The standard InChI is InChI=1S/C31H38N2O6/c1-7-19-12-14-23(36-6)26-25(19)31-16-17-33(5)18-20(31)13-15-24(27(31)38-26)37-28(34)21-10-8-9-11-22(21)32-29(35)39-30(2,3)4/h8-12,14-15,20,27H,7,13,16-18H2,1-6H3,(H,32,35). The molecule has 0 aromatic heterocycles. The normalized spacial score (nSPS) is 23.9. The van der Waals surface area contributed by atoms with Gasteiger partial charge in [0.15, 0.2) is 17.6 Å². The average Bonchev–Trinajstić information content (AvgIpc) is 3.24. The van der Waals surface area contributed by atoms with Crippen molar-refractivity contribution in [2.45, 2.75) is 64.1 Å². The molecule has 1 fully saturated rings. The highest BCUT2D eigenvalue weighted by Gasteiger charge is 2.60. The summed E-state index contributed by atoms with van der Waals surface area (Å²) >= 11 is 0. The number of methoxy groups -OCH3 is 1. The van der Waals surface area contributed by atoms with Gasteiger partial charge in [0.05, 0.1) is 18.4 Å². The molecular formula is C31H38N2O6. The van der Waals surface area contributed by atoms with E-state index in [2.05, 4.69) is 30.3 Å². The Balaban J connectivity index is 1.48. The molecule has 1 amide bonds. The lowest BCUT2D eigenvalue weighted by Gasteiger charge is -2.49. The number of para-hydroxylation sites is 1. The number of hydrogen-bond donors (Lipinski definition) is 1. The minimum Gasteiger partial charge on any atom is -0.493 e. The molecule has 8 heteroatoms. The average molecular weight is 535 g/mol. The van der Waals surface area contributed by atoms with Gasteiger partial charge in [-0.15, -0.1) is 0 Å². The number of carbonyl (C=O) groups excluding carboxylic acids is 2. The molecule has 0 radical (unpaired) electrons. The van der Waals surface area contributed by atoms with E-state index in [4.69, 9.17) is 18.9 Å². The van der Waals surface area contributed by atoms with Crippen LogP contribution in [0.25, 0.3) is 0 Å². The van der Waals surface area contributed by atoms with Crippen molar-refractivity contribution in [3.8, 4) is 11.5 Å². The summed E-state index contributed by atoms with van der Waals surface area (Å²) in [6.07, 6.45) is 3.44. The number of nitrogens with zero attached hydrogens (tertiary/aromatic N) is 1. The molecular weight excluding hydrogens is 496 g/mol. The maximum Gasteiger partial charge on any atom is 0.412 e. The van der Waals surface area contributed by atoms with Gasteiger partial charge >= 0.3 is 12.1 Å². The smallest absolute Gasteiger partial charge is 0.412 e. The fraction of sp³-hybridized carbons (Fsp3) is 0.484. The molecule has 1 aliphatic carbocycles. The number of rotatable bonds is 5. The summed E-state index contributed by atoms with van der Waals surface area (Å²) < 4.78 is 23.9. The Bertz CT molecular complexity index is 1310. The number of anilines is 1. The van der Waals surface area contributed by atoms with Crippen molar-refractivity contribution >= 4 is 17.7 Å². The van der Waals surface area contributed by atoms with Crippen molar-refractivity contribution in [3.63, 3.8) is 0 Å². The number of hydrogen-bond acceptors (Lipinski definition) is 7. The first kappa shape index (κ1) is 27.1. The van der Waals surface area contributed by atoms with Crippen molar-refractivity contribution in [1.82, 2.24) is 4.90 Å².